The molecule has 1 aliphatic rings. The summed E-state index contributed by atoms with van der Waals surface area (Å²) >= 11 is 1.45. The zero-order valence-electron chi connectivity index (χ0n) is 17.0. The Morgan fingerprint density at radius 2 is 2.10 bits per heavy atom. The minimum absolute atomic E-state index is 0.517. The average Bonchev–Trinajstić information content (AvgIpc) is 3.23. The Hall–Kier alpha value is -2.53. The molecule has 5 rings (SSSR count). The van der Waals surface area contributed by atoms with Crippen molar-refractivity contribution >= 4 is 42.7 Å². The van der Waals surface area contributed by atoms with Crippen molar-refractivity contribution in [2.75, 3.05) is 32.4 Å². The van der Waals surface area contributed by atoms with E-state index < -0.39 is 10.0 Å². The van der Waals surface area contributed by atoms with Gasteiger partial charge in [0.05, 0.1) is 17.2 Å². The second-order valence-corrected chi connectivity index (χ2v) is 10.6. The van der Waals surface area contributed by atoms with Gasteiger partial charge in [-0.1, -0.05) is 11.3 Å². The number of benzene rings is 1. The number of nitrogens with zero attached hydrogens (tertiary/aromatic N) is 4. The molecule has 0 N–H and O–H groups in total. The lowest BCUT2D eigenvalue weighted by atomic mass is 10.1. The molecule has 0 saturated carbocycles. The van der Waals surface area contributed by atoms with Crippen LogP contribution in [0.15, 0.2) is 47.2 Å². The molecular formula is C21H22N4O4S2. The number of hydrogen-bond acceptors (Lipinski definition) is 8. The summed E-state index contributed by atoms with van der Waals surface area (Å²) < 4.78 is 37.9. The van der Waals surface area contributed by atoms with E-state index >= 15 is 0 Å². The second kappa shape index (κ2) is 8.19. The molecule has 0 radical (unpaired) electrons. The Morgan fingerprint density at radius 1 is 1.19 bits per heavy atom. The van der Waals surface area contributed by atoms with E-state index in [2.05, 4.69) is 14.9 Å². The lowest BCUT2D eigenvalue weighted by Gasteiger charge is -2.20. The van der Waals surface area contributed by atoms with E-state index in [1.165, 1.54) is 17.6 Å². The van der Waals surface area contributed by atoms with Crippen LogP contribution in [0.5, 0.6) is 10.9 Å². The largest absolute Gasteiger partial charge is 0.464 e. The smallest absolute Gasteiger partial charge is 0.281 e. The number of ether oxygens (including phenoxy) is 1. The fourth-order valence-corrected chi connectivity index (χ4v) is 5.49. The summed E-state index contributed by atoms with van der Waals surface area (Å²) in [5.74, 6) is 0.658. The molecule has 162 valence electrons. The summed E-state index contributed by atoms with van der Waals surface area (Å²) in [6.45, 7) is 3.36. The minimum atomic E-state index is -3.14. The van der Waals surface area contributed by atoms with E-state index in [-0.39, 0.29) is 0 Å². The molecule has 3 aromatic heterocycles. The van der Waals surface area contributed by atoms with E-state index in [0.29, 0.717) is 42.8 Å². The Labute approximate surface area is 184 Å². The fraction of sp³-hybridized carbons (Fsp3) is 0.333. The molecule has 1 fully saturated rings. The molecular weight excluding hydrogens is 436 g/mol. The van der Waals surface area contributed by atoms with Gasteiger partial charge in [-0.3, -0.25) is 4.90 Å². The van der Waals surface area contributed by atoms with Crippen LogP contribution in [0.25, 0.3) is 21.3 Å². The highest BCUT2D eigenvalue weighted by Gasteiger charge is 2.22. The quantitative estimate of drug-likeness (QED) is 0.450. The van der Waals surface area contributed by atoms with Crippen molar-refractivity contribution in [1.82, 2.24) is 19.2 Å². The van der Waals surface area contributed by atoms with Crippen molar-refractivity contribution in [3.8, 4) is 10.9 Å². The topological polar surface area (TPSA) is 88.8 Å². The molecule has 8 nitrogen and oxygen atoms in total. The highest BCUT2D eigenvalue weighted by molar-refractivity contribution is 7.88. The van der Waals surface area contributed by atoms with E-state index in [4.69, 9.17) is 9.15 Å². The monoisotopic (exact) mass is 458 g/mol. The summed E-state index contributed by atoms with van der Waals surface area (Å²) in [5.41, 5.74) is 2.51. The van der Waals surface area contributed by atoms with Crippen LogP contribution < -0.4 is 4.74 Å². The molecule has 31 heavy (non-hydrogen) atoms. The van der Waals surface area contributed by atoms with Gasteiger partial charge in [0, 0.05) is 49.4 Å². The van der Waals surface area contributed by atoms with Crippen LogP contribution in [0.1, 0.15) is 12.0 Å². The van der Waals surface area contributed by atoms with Crippen molar-refractivity contribution in [1.29, 1.82) is 0 Å². The van der Waals surface area contributed by atoms with Crippen molar-refractivity contribution in [3.63, 3.8) is 0 Å². The maximum Gasteiger partial charge on any atom is 0.281 e. The van der Waals surface area contributed by atoms with Crippen LogP contribution in [0.3, 0.4) is 0 Å². The average molecular weight is 459 g/mol. The molecule has 4 aromatic rings. The third-order valence-corrected chi connectivity index (χ3v) is 7.58. The Balaban J connectivity index is 1.30. The van der Waals surface area contributed by atoms with Crippen LogP contribution in [-0.4, -0.2) is 60.0 Å². The number of rotatable bonds is 5. The maximum atomic E-state index is 11.8. The standard InChI is InChI=1S/C21H22N4O4S2/c1-31(26,27)25-9-3-8-24(10-11-25)13-15-14-28-18-12-16(5-6-17(15)18)29-21-23-20-19(30-21)4-2-7-22-20/h2,4-7,12,14H,3,8-11,13H2,1H3. The van der Waals surface area contributed by atoms with Crippen molar-refractivity contribution in [2.45, 2.75) is 13.0 Å². The van der Waals surface area contributed by atoms with Gasteiger partial charge < -0.3 is 9.15 Å². The zero-order chi connectivity index (χ0) is 21.4. The Morgan fingerprint density at radius 3 is 2.94 bits per heavy atom. The Bertz CT molecular complexity index is 1300. The van der Waals surface area contributed by atoms with Crippen LogP contribution >= 0.6 is 11.3 Å². The lowest BCUT2D eigenvalue weighted by molar-refractivity contribution is 0.278. The van der Waals surface area contributed by atoms with Crippen molar-refractivity contribution in [2.24, 2.45) is 0 Å². The molecule has 10 heteroatoms. The number of thiazole rings is 1. The van der Waals surface area contributed by atoms with Gasteiger partial charge in [0.25, 0.3) is 5.19 Å². The summed E-state index contributed by atoms with van der Waals surface area (Å²) in [4.78, 5) is 10.9. The van der Waals surface area contributed by atoms with E-state index in [9.17, 15) is 8.42 Å². The van der Waals surface area contributed by atoms with E-state index in [1.807, 2.05) is 30.3 Å². The minimum Gasteiger partial charge on any atom is -0.464 e. The molecule has 0 amide bonds. The van der Waals surface area contributed by atoms with Gasteiger partial charge in [0.1, 0.15) is 11.3 Å². The predicted octanol–water partition coefficient (Wildman–Crippen LogP) is 3.70. The second-order valence-electron chi connectivity index (χ2n) is 7.62. The zero-order valence-corrected chi connectivity index (χ0v) is 18.7. The van der Waals surface area contributed by atoms with Crippen LogP contribution in [0.2, 0.25) is 0 Å². The van der Waals surface area contributed by atoms with Crippen LogP contribution in [0.4, 0.5) is 0 Å². The SMILES string of the molecule is CS(=O)(=O)N1CCCN(Cc2coc3cc(Oc4nc5ncccc5s4)ccc23)CC1. The first kappa shape index (κ1) is 20.4. The molecule has 0 bridgehead atoms. The van der Waals surface area contributed by atoms with Crippen molar-refractivity contribution < 1.29 is 17.6 Å². The van der Waals surface area contributed by atoms with Crippen molar-refractivity contribution in [3.05, 3.63) is 48.4 Å². The molecule has 0 aliphatic carbocycles. The Kier molecular flexibility index (Phi) is 5.39. The molecule has 1 aromatic carbocycles. The van der Waals surface area contributed by atoms with E-state index in [1.54, 1.807) is 16.8 Å². The van der Waals surface area contributed by atoms with Gasteiger partial charge in [0.2, 0.25) is 10.0 Å². The van der Waals surface area contributed by atoms with Gasteiger partial charge in [-0.15, -0.1) is 0 Å². The number of furan rings is 1. The number of sulfonamides is 1. The van der Waals surface area contributed by atoms with Gasteiger partial charge in [-0.2, -0.15) is 4.98 Å². The van der Waals surface area contributed by atoms with Gasteiger partial charge in [0.15, 0.2) is 5.65 Å². The third-order valence-electron chi connectivity index (χ3n) is 5.39. The first-order valence-electron chi connectivity index (χ1n) is 10.0. The predicted molar refractivity (Wildman–Crippen MR) is 120 cm³/mol. The van der Waals surface area contributed by atoms with Gasteiger partial charge >= 0.3 is 0 Å². The number of fused-ring (bicyclic) bond motifs is 2. The normalized spacial score (nSPS) is 16.7. The fourth-order valence-electron chi connectivity index (χ4n) is 3.82. The molecule has 0 spiro atoms. The summed E-state index contributed by atoms with van der Waals surface area (Å²) in [5, 5.41) is 1.57. The van der Waals surface area contributed by atoms with Crippen LogP contribution in [-0.2, 0) is 16.6 Å². The summed E-state index contributed by atoms with van der Waals surface area (Å²) in [6.07, 6.45) is 5.58. The number of pyridine rings is 1. The summed E-state index contributed by atoms with van der Waals surface area (Å²) in [6, 6.07) is 9.62. The maximum absolute atomic E-state index is 11.8. The summed E-state index contributed by atoms with van der Waals surface area (Å²) in [7, 11) is -3.14. The molecule has 0 atom stereocenters. The lowest BCUT2D eigenvalue weighted by Crippen LogP contribution is -2.34. The van der Waals surface area contributed by atoms with Gasteiger partial charge in [-0.05, 0) is 37.2 Å². The molecule has 1 saturated heterocycles. The van der Waals surface area contributed by atoms with E-state index in [0.717, 1.165) is 34.2 Å². The molecule has 1 aliphatic heterocycles. The third kappa shape index (κ3) is 4.42. The highest BCUT2D eigenvalue weighted by atomic mass is 32.2. The van der Waals surface area contributed by atoms with Gasteiger partial charge in [-0.25, -0.2) is 17.7 Å². The van der Waals surface area contributed by atoms with Crippen LogP contribution in [0, 0.1) is 0 Å². The molecule has 0 unspecified atom stereocenters. The number of hydrogen-bond donors (Lipinski definition) is 0. The first-order chi connectivity index (χ1) is 15.0. The molecule has 4 heterocycles. The highest BCUT2D eigenvalue weighted by Crippen LogP contribution is 2.33. The number of aromatic nitrogens is 2. The first-order valence-corrected chi connectivity index (χ1v) is 12.7.